The lowest BCUT2D eigenvalue weighted by Crippen LogP contribution is -2.49. The number of hydrogen-bond donors (Lipinski definition) is 1. The van der Waals surface area contributed by atoms with Gasteiger partial charge in [0.1, 0.15) is 5.82 Å². The molecule has 0 atom stereocenters. The van der Waals surface area contributed by atoms with Gasteiger partial charge in [-0.05, 0) is 73.9 Å². The average Bonchev–Trinajstić information content (AvgIpc) is 3.56. The van der Waals surface area contributed by atoms with Crippen LogP contribution in [0.1, 0.15) is 31.2 Å². The topological polar surface area (TPSA) is 35.6 Å². The Hall–Kier alpha value is -2.11. The lowest BCUT2D eigenvalue weighted by molar-refractivity contribution is 0.125. The smallest absolute Gasteiger partial charge is 0.321 e. The second kappa shape index (κ2) is 9.80. The molecule has 1 N–H and O–H groups in total. The number of amides is 2. The van der Waals surface area contributed by atoms with Gasteiger partial charge in [0.05, 0.1) is 0 Å². The molecule has 1 aliphatic heterocycles. The van der Waals surface area contributed by atoms with Gasteiger partial charge in [-0.15, -0.1) is 0 Å². The van der Waals surface area contributed by atoms with Crippen LogP contribution in [0.25, 0.3) is 0 Å². The molecule has 2 aliphatic rings. The molecule has 0 aromatic heterocycles. The number of urea groups is 1. The number of hydrogen-bond acceptors (Lipinski definition) is 2. The van der Waals surface area contributed by atoms with Crippen LogP contribution in [0.5, 0.6) is 0 Å². The SMILES string of the molecule is O=C(Nc1cccc(F)c1)N(CC1CC1)C1CCN(CCc2ccc(Cl)cc2)CC1. The quantitative estimate of drug-likeness (QED) is 0.636. The summed E-state index contributed by atoms with van der Waals surface area (Å²) >= 11 is 5.96. The lowest BCUT2D eigenvalue weighted by atomic mass is 10.0. The second-order valence-corrected chi connectivity index (χ2v) is 8.92. The van der Waals surface area contributed by atoms with E-state index in [1.807, 2.05) is 17.0 Å². The minimum atomic E-state index is -0.337. The first kappa shape index (κ1) is 21.1. The van der Waals surface area contributed by atoms with Crippen molar-refractivity contribution in [1.29, 1.82) is 0 Å². The number of nitrogens with zero attached hydrogens (tertiary/aromatic N) is 2. The average molecular weight is 430 g/mol. The summed E-state index contributed by atoms with van der Waals surface area (Å²) in [4.78, 5) is 17.5. The Kier molecular flexibility index (Phi) is 6.90. The normalized spacial score (nSPS) is 17.7. The number of carbonyl (C=O) groups excluding carboxylic acids is 1. The Balaban J connectivity index is 1.30. The van der Waals surface area contributed by atoms with Gasteiger partial charge in [0.2, 0.25) is 0 Å². The van der Waals surface area contributed by atoms with E-state index in [0.29, 0.717) is 11.6 Å². The summed E-state index contributed by atoms with van der Waals surface area (Å²) < 4.78 is 13.5. The third kappa shape index (κ3) is 5.96. The summed E-state index contributed by atoms with van der Waals surface area (Å²) in [6.07, 6.45) is 5.36. The molecule has 6 heteroatoms. The first-order valence-corrected chi connectivity index (χ1v) is 11.2. The van der Waals surface area contributed by atoms with Crippen molar-refractivity contribution in [3.8, 4) is 0 Å². The van der Waals surface area contributed by atoms with Crippen molar-refractivity contribution in [3.63, 3.8) is 0 Å². The van der Waals surface area contributed by atoms with Crippen LogP contribution in [0, 0.1) is 11.7 Å². The highest BCUT2D eigenvalue weighted by atomic mass is 35.5. The van der Waals surface area contributed by atoms with Gasteiger partial charge >= 0.3 is 6.03 Å². The Morgan fingerprint density at radius 3 is 2.50 bits per heavy atom. The number of rotatable bonds is 7. The molecule has 0 bridgehead atoms. The van der Waals surface area contributed by atoms with E-state index in [4.69, 9.17) is 11.6 Å². The van der Waals surface area contributed by atoms with Crippen molar-refractivity contribution in [2.45, 2.75) is 38.1 Å². The second-order valence-electron chi connectivity index (χ2n) is 8.49. The van der Waals surface area contributed by atoms with Crippen LogP contribution in [0.2, 0.25) is 5.02 Å². The van der Waals surface area contributed by atoms with Crippen LogP contribution in [0.4, 0.5) is 14.9 Å². The summed E-state index contributed by atoms with van der Waals surface area (Å²) in [5.74, 6) is 0.279. The van der Waals surface area contributed by atoms with Crippen molar-refractivity contribution in [1.82, 2.24) is 9.80 Å². The molecule has 0 radical (unpaired) electrons. The summed E-state index contributed by atoms with van der Waals surface area (Å²) in [7, 11) is 0. The molecule has 1 saturated heterocycles. The number of halogens is 2. The predicted octanol–water partition coefficient (Wildman–Crippen LogP) is 5.43. The monoisotopic (exact) mass is 429 g/mol. The highest BCUT2D eigenvalue weighted by Crippen LogP contribution is 2.32. The number of carbonyl (C=O) groups is 1. The molecule has 4 rings (SSSR count). The van der Waals surface area contributed by atoms with E-state index >= 15 is 0 Å². The van der Waals surface area contributed by atoms with Gasteiger partial charge in [0, 0.05) is 42.9 Å². The van der Waals surface area contributed by atoms with E-state index in [-0.39, 0.29) is 17.9 Å². The van der Waals surface area contributed by atoms with Crippen LogP contribution in [0.3, 0.4) is 0 Å². The molecular formula is C24H29ClFN3O. The highest BCUT2D eigenvalue weighted by Gasteiger charge is 2.33. The van der Waals surface area contributed by atoms with Crippen LogP contribution >= 0.6 is 11.6 Å². The van der Waals surface area contributed by atoms with E-state index in [9.17, 15) is 9.18 Å². The molecule has 160 valence electrons. The summed E-state index contributed by atoms with van der Waals surface area (Å²) in [5.41, 5.74) is 1.81. The van der Waals surface area contributed by atoms with E-state index < -0.39 is 0 Å². The minimum absolute atomic E-state index is 0.105. The van der Waals surface area contributed by atoms with Crippen LogP contribution < -0.4 is 5.32 Å². The van der Waals surface area contributed by atoms with E-state index in [0.717, 1.165) is 50.5 Å². The number of nitrogens with one attached hydrogen (secondary N) is 1. The molecule has 4 nitrogen and oxygen atoms in total. The summed E-state index contributed by atoms with van der Waals surface area (Å²) in [5, 5.41) is 3.67. The Bertz CT molecular complexity index is 848. The molecule has 2 amide bonds. The van der Waals surface area contributed by atoms with Gasteiger partial charge in [-0.3, -0.25) is 0 Å². The maximum Gasteiger partial charge on any atom is 0.322 e. The predicted molar refractivity (Wildman–Crippen MR) is 119 cm³/mol. The molecule has 2 aromatic carbocycles. The molecule has 1 saturated carbocycles. The van der Waals surface area contributed by atoms with Crippen molar-refractivity contribution in [2.24, 2.45) is 5.92 Å². The van der Waals surface area contributed by atoms with Gasteiger partial charge < -0.3 is 15.1 Å². The highest BCUT2D eigenvalue weighted by molar-refractivity contribution is 6.30. The number of piperidine rings is 1. The van der Waals surface area contributed by atoms with Crippen molar-refractivity contribution < 1.29 is 9.18 Å². The van der Waals surface area contributed by atoms with E-state index in [2.05, 4.69) is 22.3 Å². The van der Waals surface area contributed by atoms with E-state index in [1.54, 1.807) is 12.1 Å². The maximum absolute atomic E-state index is 13.5. The number of anilines is 1. The first-order valence-electron chi connectivity index (χ1n) is 10.9. The summed E-state index contributed by atoms with van der Waals surface area (Å²) in [6.45, 7) is 3.81. The van der Waals surface area contributed by atoms with Crippen molar-refractivity contribution >= 4 is 23.3 Å². The molecule has 1 heterocycles. The third-order valence-corrected chi connectivity index (χ3v) is 6.37. The Labute approximate surface area is 183 Å². The molecule has 1 aliphatic carbocycles. The fourth-order valence-corrected chi connectivity index (χ4v) is 4.26. The molecule has 0 unspecified atom stereocenters. The Morgan fingerprint density at radius 1 is 1.10 bits per heavy atom. The van der Waals surface area contributed by atoms with Gasteiger partial charge in [-0.25, -0.2) is 9.18 Å². The number of benzene rings is 2. The molecule has 2 fully saturated rings. The molecule has 2 aromatic rings. The zero-order valence-electron chi connectivity index (χ0n) is 17.2. The fraction of sp³-hybridized carbons (Fsp3) is 0.458. The minimum Gasteiger partial charge on any atom is -0.321 e. The van der Waals surface area contributed by atoms with E-state index in [1.165, 1.54) is 30.5 Å². The zero-order chi connectivity index (χ0) is 20.9. The number of likely N-dealkylation sites (tertiary alicyclic amines) is 1. The van der Waals surface area contributed by atoms with Gasteiger partial charge in [0.15, 0.2) is 0 Å². The third-order valence-electron chi connectivity index (χ3n) is 6.12. The molecule has 30 heavy (non-hydrogen) atoms. The van der Waals surface area contributed by atoms with Crippen LogP contribution in [0.15, 0.2) is 48.5 Å². The van der Waals surface area contributed by atoms with Crippen molar-refractivity contribution in [3.05, 3.63) is 64.9 Å². The lowest BCUT2D eigenvalue weighted by Gasteiger charge is -2.38. The van der Waals surface area contributed by atoms with Crippen molar-refractivity contribution in [2.75, 3.05) is 31.5 Å². The fourth-order valence-electron chi connectivity index (χ4n) is 4.13. The van der Waals surface area contributed by atoms with Crippen LogP contribution in [-0.4, -0.2) is 48.1 Å². The van der Waals surface area contributed by atoms with Gasteiger partial charge in [-0.2, -0.15) is 0 Å². The molecule has 0 spiro atoms. The van der Waals surface area contributed by atoms with Crippen LogP contribution in [-0.2, 0) is 6.42 Å². The van der Waals surface area contributed by atoms with Gasteiger partial charge in [-0.1, -0.05) is 29.8 Å². The summed E-state index contributed by atoms with van der Waals surface area (Å²) in [6, 6.07) is 14.3. The maximum atomic E-state index is 13.5. The standard InChI is InChI=1S/C24H29ClFN3O/c25-20-8-6-18(7-9-20)10-13-28-14-11-23(12-15-28)29(17-19-4-5-19)24(30)27-22-3-1-2-21(26)16-22/h1-3,6-9,16,19,23H,4-5,10-15,17H2,(H,27,30). The Morgan fingerprint density at radius 2 is 1.83 bits per heavy atom. The molecular weight excluding hydrogens is 401 g/mol. The largest absolute Gasteiger partial charge is 0.322 e. The van der Waals surface area contributed by atoms with Gasteiger partial charge in [0.25, 0.3) is 0 Å². The zero-order valence-corrected chi connectivity index (χ0v) is 18.0. The first-order chi connectivity index (χ1) is 14.6.